The molecule has 0 bridgehead atoms. The van der Waals surface area contributed by atoms with Gasteiger partial charge in [0.1, 0.15) is 0 Å². The Labute approximate surface area is 331 Å². The van der Waals surface area contributed by atoms with E-state index in [4.69, 9.17) is 0 Å². The molecule has 0 aromatic carbocycles. The van der Waals surface area contributed by atoms with E-state index in [0.29, 0.717) is 6.42 Å². The van der Waals surface area contributed by atoms with Crippen molar-refractivity contribution < 1.29 is 15.0 Å². The van der Waals surface area contributed by atoms with Crippen molar-refractivity contribution in [3.05, 3.63) is 36.5 Å². The Morgan fingerprint density at radius 2 is 0.736 bits per heavy atom. The molecule has 0 heterocycles. The lowest BCUT2D eigenvalue weighted by Gasteiger charge is -2.19. The van der Waals surface area contributed by atoms with Gasteiger partial charge >= 0.3 is 0 Å². The summed E-state index contributed by atoms with van der Waals surface area (Å²) in [5, 5.41) is 23.0. The van der Waals surface area contributed by atoms with Gasteiger partial charge in [0.15, 0.2) is 0 Å². The fraction of sp³-hybridized carbons (Fsp3) is 0.857. The highest BCUT2D eigenvalue weighted by Crippen LogP contribution is 2.15. The van der Waals surface area contributed by atoms with Gasteiger partial charge in [0.25, 0.3) is 0 Å². The Bertz CT molecular complexity index is 806. The van der Waals surface area contributed by atoms with Crippen LogP contribution in [0.25, 0.3) is 0 Å². The van der Waals surface area contributed by atoms with Crippen LogP contribution in [0, 0.1) is 0 Å². The van der Waals surface area contributed by atoms with Crippen molar-refractivity contribution in [2.45, 2.75) is 264 Å². The smallest absolute Gasteiger partial charge is 0.220 e. The highest BCUT2D eigenvalue weighted by Gasteiger charge is 2.17. The molecule has 1 amide bonds. The van der Waals surface area contributed by atoms with E-state index in [2.05, 4.69) is 43.5 Å². The van der Waals surface area contributed by atoms with Crippen molar-refractivity contribution in [2.24, 2.45) is 0 Å². The molecule has 0 spiro atoms. The average molecular weight is 744 g/mol. The van der Waals surface area contributed by atoms with Crippen LogP contribution in [0.4, 0.5) is 0 Å². The Morgan fingerprint density at radius 1 is 0.434 bits per heavy atom. The van der Waals surface area contributed by atoms with Crippen LogP contribution in [0.2, 0.25) is 0 Å². The van der Waals surface area contributed by atoms with Crippen LogP contribution in [-0.2, 0) is 4.79 Å². The standard InChI is InChI=1S/C49H93NO3/c1-3-5-7-9-11-13-15-17-18-19-20-21-22-23-24-25-26-27-28-29-30-31-33-35-37-39-41-43-45-49(53)50-47(46-51)48(52)44-42-40-38-36-34-32-16-14-12-10-8-6-4-2/h23-24,34,36,42,44,47-48,51-52H,3-22,25-33,35,37-41,43,45-46H2,1-2H3,(H,50,53)/b24-23-,36-34+,44-42+. The topological polar surface area (TPSA) is 69.6 Å². The number of hydrogen-bond acceptors (Lipinski definition) is 3. The molecule has 0 fully saturated rings. The molecule has 0 aliphatic heterocycles. The number of rotatable bonds is 43. The quantitative estimate of drug-likeness (QED) is 0.0430. The maximum atomic E-state index is 12.4. The molecule has 0 aromatic heterocycles. The predicted molar refractivity (Wildman–Crippen MR) is 235 cm³/mol. The molecule has 0 saturated carbocycles. The molecule has 2 unspecified atom stereocenters. The number of amides is 1. The third kappa shape index (κ3) is 41.6. The number of allylic oxidation sites excluding steroid dienone is 5. The molecule has 4 nitrogen and oxygen atoms in total. The number of aliphatic hydroxyl groups is 2. The van der Waals surface area contributed by atoms with Crippen LogP contribution in [0.5, 0.6) is 0 Å². The van der Waals surface area contributed by atoms with Crippen LogP contribution in [-0.4, -0.2) is 34.9 Å². The van der Waals surface area contributed by atoms with Crippen LogP contribution in [0.1, 0.15) is 251 Å². The molecular weight excluding hydrogens is 651 g/mol. The number of hydrogen-bond donors (Lipinski definition) is 3. The molecule has 3 N–H and O–H groups in total. The molecule has 53 heavy (non-hydrogen) atoms. The van der Waals surface area contributed by atoms with Crippen LogP contribution >= 0.6 is 0 Å². The molecule has 0 rings (SSSR count). The zero-order valence-corrected chi connectivity index (χ0v) is 35.8. The summed E-state index contributed by atoms with van der Waals surface area (Å²) >= 11 is 0. The van der Waals surface area contributed by atoms with Gasteiger partial charge in [-0.2, -0.15) is 0 Å². The molecule has 0 aliphatic carbocycles. The van der Waals surface area contributed by atoms with Gasteiger partial charge in [0.2, 0.25) is 5.91 Å². The van der Waals surface area contributed by atoms with Crippen LogP contribution < -0.4 is 5.32 Å². The summed E-state index contributed by atoms with van der Waals surface area (Å²) in [5.41, 5.74) is 0. The Balaban J connectivity index is 3.50. The monoisotopic (exact) mass is 744 g/mol. The van der Waals surface area contributed by atoms with E-state index in [9.17, 15) is 15.0 Å². The second-order valence-corrected chi connectivity index (χ2v) is 16.2. The van der Waals surface area contributed by atoms with E-state index >= 15 is 0 Å². The maximum Gasteiger partial charge on any atom is 0.220 e. The van der Waals surface area contributed by atoms with Gasteiger partial charge in [0.05, 0.1) is 18.8 Å². The second kappa shape index (κ2) is 45.0. The number of carbonyl (C=O) groups excluding carboxylic acids is 1. The molecule has 0 aliphatic rings. The minimum Gasteiger partial charge on any atom is -0.394 e. The summed E-state index contributed by atoms with van der Waals surface area (Å²) in [7, 11) is 0. The first-order chi connectivity index (χ1) is 26.2. The first kappa shape index (κ1) is 51.6. The van der Waals surface area contributed by atoms with Crippen molar-refractivity contribution in [3.63, 3.8) is 0 Å². The normalized spacial score (nSPS) is 13.2. The molecule has 2 atom stereocenters. The van der Waals surface area contributed by atoms with E-state index < -0.39 is 12.1 Å². The third-order valence-corrected chi connectivity index (χ3v) is 10.8. The number of nitrogens with one attached hydrogen (secondary N) is 1. The van der Waals surface area contributed by atoms with Crippen LogP contribution in [0.3, 0.4) is 0 Å². The zero-order valence-electron chi connectivity index (χ0n) is 35.8. The molecule has 4 heteroatoms. The molecule has 312 valence electrons. The molecule has 0 saturated heterocycles. The first-order valence-electron chi connectivity index (χ1n) is 23.7. The fourth-order valence-corrected chi connectivity index (χ4v) is 7.19. The predicted octanol–water partition coefficient (Wildman–Crippen LogP) is 15.0. The lowest BCUT2D eigenvalue weighted by atomic mass is 10.0. The summed E-state index contributed by atoms with van der Waals surface area (Å²) in [6, 6.07) is -0.637. The molecular formula is C49H93NO3. The van der Waals surface area contributed by atoms with Crippen molar-refractivity contribution in [2.75, 3.05) is 6.61 Å². The summed E-state index contributed by atoms with van der Waals surface area (Å²) in [6.07, 6.45) is 59.9. The summed E-state index contributed by atoms with van der Waals surface area (Å²) < 4.78 is 0. The van der Waals surface area contributed by atoms with E-state index in [1.54, 1.807) is 6.08 Å². The lowest BCUT2D eigenvalue weighted by molar-refractivity contribution is -0.123. The van der Waals surface area contributed by atoms with Gasteiger partial charge in [-0.05, 0) is 57.8 Å². The van der Waals surface area contributed by atoms with E-state index in [-0.39, 0.29) is 12.5 Å². The number of aliphatic hydroxyl groups excluding tert-OH is 2. The number of unbranched alkanes of at least 4 members (excludes halogenated alkanes) is 32. The fourth-order valence-electron chi connectivity index (χ4n) is 7.19. The van der Waals surface area contributed by atoms with Gasteiger partial charge in [-0.25, -0.2) is 0 Å². The van der Waals surface area contributed by atoms with Gasteiger partial charge in [-0.3, -0.25) is 4.79 Å². The van der Waals surface area contributed by atoms with Crippen molar-refractivity contribution in [3.8, 4) is 0 Å². The van der Waals surface area contributed by atoms with Crippen molar-refractivity contribution >= 4 is 5.91 Å². The Morgan fingerprint density at radius 3 is 1.09 bits per heavy atom. The van der Waals surface area contributed by atoms with E-state index in [1.807, 2.05) is 6.08 Å². The van der Waals surface area contributed by atoms with Gasteiger partial charge in [0, 0.05) is 6.42 Å². The van der Waals surface area contributed by atoms with E-state index in [0.717, 1.165) is 32.1 Å². The van der Waals surface area contributed by atoms with Crippen LogP contribution in [0.15, 0.2) is 36.5 Å². The SMILES string of the molecule is CCCCCCCCC/C=C/CC/C=C/C(O)C(CO)NC(=O)CCCCCCCCCCCCCC/C=C\CCCCCCCCCCCCCC. The third-order valence-electron chi connectivity index (χ3n) is 10.8. The lowest BCUT2D eigenvalue weighted by Crippen LogP contribution is -2.45. The summed E-state index contributed by atoms with van der Waals surface area (Å²) in [4.78, 5) is 12.4. The van der Waals surface area contributed by atoms with Gasteiger partial charge < -0.3 is 15.5 Å². The highest BCUT2D eigenvalue weighted by molar-refractivity contribution is 5.76. The average Bonchev–Trinajstić information content (AvgIpc) is 3.16. The maximum absolute atomic E-state index is 12.4. The zero-order chi connectivity index (χ0) is 38.6. The van der Waals surface area contributed by atoms with Gasteiger partial charge in [-0.15, -0.1) is 0 Å². The highest BCUT2D eigenvalue weighted by atomic mass is 16.3. The first-order valence-corrected chi connectivity index (χ1v) is 23.7. The van der Waals surface area contributed by atoms with Crippen molar-refractivity contribution in [1.82, 2.24) is 5.32 Å². The van der Waals surface area contributed by atoms with E-state index in [1.165, 1.54) is 199 Å². The molecule has 0 radical (unpaired) electrons. The largest absolute Gasteiger partial charge is 0.394 e. The number of carbonyl (C=O) groups is 1. The molecule has 0 aromatic rings. The Hall–Kier alpha value is -1.39. The minimum atomic E-state index is -0.860. The Kier molecular flexibility index (Phi) is 43.8. The summed E-state index contributed by atoms with van der Waals surface area (Å²) in [6.45, 7) is 4.30. The minimum absolute atomic E-state index is 0.0735. The second-order valence-electron chi connectivity index (χ2n) is 16.2. The van der Waals surface area contributed by atoms with Gasteiger partial charge in [-0.1, -0.05) is 224 Å². The summed E-state index contributed by atoms with van der Waals surface area (Å²) in [5.74, 6) is -0.0735. The van der Waals surface area contributed by atoms with Crippen molar-refractivity contribution in [1.29, 1.82) is 0 Å².